The van der Waals surface area contributed by atoms with Crippen molar-refractivity contribution >= 4 is 5.91 Å². The van der Waals surface area contributed by atoms with Crippen molar-refractivity contribution in [3.63, 3.8) is 0 Å². The molecule has 1 amide bonds. The Morgan fingerprint density at radius 2 is 1.90 bits per heavy atom. The highest BCUT2D eigenvalue weighted by Crippen LogP contribution is 2.35. The van der Waals surface area contributed by atoms with E-state index in [0.29, 0.717) is 0 Å². The van der Waals surface area contributed by atoms with Crippen molar-refractivity contribution in [1.29, 1.82) is 0 Å². The third kappa shape index (κ3) is 3.00. The number of carbonyl (C=O) groups is 1. The molecule has 0 atom stereocenters. The number of nitrogens with zero attached hydrogens (tertiary/aromatic N) is 2. The molecule has 0 aromatic heterocycles. The van der Waals surface area contributed by atoms with E-state index in [1.807, 2.05) is 13.8 Å². The maximum absolute atomic E-state index is 12.6. The average molecular weight is 282 g/mol. The standard InChI is InChI=1S/C15H30N4O/c1-14(2,19-10-8-16-9-11-19)13(20)17-12-15(18(3)4)6-5-7-15/h16H,5-12H2,1-4H3,(H,17,20). The van der Waals surface area contributed by atoms with E-state index in [1.165, 1.54) is 19.3 Å². The summed E-state index contributed by atoms with van der Waals surface area (Å²) in [5.74, 6) is 0.160. The molecule has 0 spiro atoms. The fourth-order valence-corrected chi connectivity index (χ4v) is 3.20. The van der Waals surface area contributed by atoms with Crippen molar-refractivity contribution in [2.45, 2.75) is 44.2 Å². The van der Waals surface area contributed by atoms with E-state index >= 15 is 0 Å². The summed E-state index contributed by atoms with van der Waals surface area (Å²) in [6.07, 6.45) is 3.65. The highest BCUT2D eigenvalue weighted by Gasteiger charge is 2.41. The fraction of sp³-hybridized carbons (Fsp3) is 0.933. The number of piperazine rings is 1. The van der Waals surface area contributed by atoms with Gasteiger partial charge in [-0.2, -0.15) is 0 Å². The van der Waals surface area contributed by atoms with Crippen LogP contribution in [0.15, 0.2) is 0 Å². The predicted molar refractivity (Wildman–Crippen MR) is 81.8 cm³/mol. The predicted octanol–water partition coefficient (Wildman–Crippen LogP) is 0.271. The van der Waals surface area contributed by atoms with Crippen molar-refractivity contribution in [2.75, 3.05) is 46.8 Å². The van der Waals surface area contributed by atoms with Crippen molar-refractivity contribution < 1.29 is 4.79 Å². The van der Waals surface area contributed by atoms with E-state index in [4.69, 9.17) is 0 Å². The molecular weight excluding hydrogens is 252 g/mol. The van der Waals surface area contributed by atoms with E-state index in [2.05, 4.69) is 34.5 Å². The van der Waals surface area contributed by atoms with Gasteiger partial charge in [0, 0.05) is 38.3 Å². The Bertz CT molecular complexity index is 344. The number of nitrogens with one attached hydrogen (secondary N) is 2. The van der Waals surface area contributed by atoms with Crippen molar-refractivity contribution in [1.82, 2.24) is 20.4 Å². The molecule has 0 aromatic carbocycles. The lowest BCUT2D eigenvalue weighted by Gasteiger charge is -2.48. The number of hydrogen-bond donors (Lipinski definition) is 2. The second kappa shape index (κ2) is 6.00. The first kappa shape index (κ1) is 15.7. The van der Waals surface area contributed by atoms with Crippen LogP contribution in [-0.4, -0.2) is 73.6 Å². The van der Waals surface area contributed by atoms with Gasteiger partial charge in [0.05, 0.1) is 5.54 Å². The summed E-state index contributed by atoms with van der Waals surface area (Å²) in [7, 11) is 4.24. The number of hydrogen-bond acceptors (Lipinski definition) is 4. The summed E-state index contributed by atoms with van der Waals surface area (Å²) in [5.41, 5.74) is -0.228. The summed E-state index contributed by atoms with van der Waals surface area (Å²) in [6, 6.07) is 0. The highest BCUT2D eigenvalue weighted by atomic mass is 16.2. The molecule has 5 nitrogen and oxygen atoms in total. The number of carbonyl (C=O) groups excluding carboxylic acids is 1. The molecule has 0 bridgehead atoms. The minimum Gasteiger partial charge on any atom is -0.353 e. The normalized spacial score (nSPS) is 23.4. The minimum atomic E-state index is -0.417. The first-order valence-corrected chi connectivity index (χ1v) is 7.80. The van der Waals surface area contributed by atoms with Gasteiger partial charge in [0.1, 0.15) is 0 Å². The first-order chi connectivity index (χ1) is 9.38. The molecule has 2 aliphatic rings. The fourth-order valence-electron chi connectivity index (χ4n) is 3.20. The molecular formula is C15H30N4O. The van der Waals surface area contributed by atoms with Gasteiger partial charge in [0.15, 0.2) is 0 Å². The Labute approximate surface area is 123 Å². The lowest BCUT2D eigenvalue weighted by molar-refractivity contribution is -0.133. The highest BCUT2D eigenvalue weighted by molar-refractivity contribution is 5.85. The molecule has 0 unspecified atom stereocenters. The van der Waals surface area contributed by atoms with Crippen molar-refractivity contribution in [3.8, 4) is 0 Å². The van der Waals surface area contributed by atoms with Gasteiger partial charge in [-0.25, -0.2) is 0 Å². The average Bonchev–Trinajstić information content (AvgIpc) is 2.37. The van der Waals surface area contributed by atoms with Crippen LogP contribution >= 0.6 is 0 Å². The number of rotatable bonds is 5. The number of likely N-dealkylation sites (N-methyl/N-ethyl adjacent to an activating group) is 1. The van der Waals surface area contributed by atoms with Crippen LogP contribution in [0.4, 0.5) is 0 Å². The van der Waals surface area contributed by atoms with Gasteiger partial charge in [-0.1, -0.05) is 0 Å². The minimum absolute atomic E-state index is 0.160. The van der Waals surface area contributed by atoms with E-state index in [1.54, 1.807) is 0 Å². The molecule has 1 saturated carbocycles. The molecule has 20 heavy (non-hydrogen) atoms. The van der Waals surface area contributed by atoms with Gasteiger partial charge in [-0.3, -0.25) is 9.69 Å². The van der Waals surface area contributed by atoms with Gasteiger partial charge in [-0.05, 0) is 47.2 Å². The van der Waals surface area contributed by atoms with E-state index in [-0.39, 0.29) is 11.4 Å². The topological polar surface area (TPSA) is 47.6 Å². The van der Waals surface area contributed by atoms with Crippen molar-refractivity contribution in [3.05, 3.63) is 0 Å². The van der Waals surface area contributed by atoms with Crippen LogP contribution < -0.4 is 10.6 Å². The summed E-state index contributed by atoms with van der Waals surface area (Å²) >= 11 is 0. The third-order valence-electron chi connectivity index (χ3n) is 5.27. The molecule has 116 valence electrons. The lowest BCUT2D eigenvalue weighted by atomic mass is 9.75. The maximum atomic E-state index is 12.6. The second-order valence-corrected chi connectivity index (χ2v) is 6.95. The summed E-state index contributed by atoms with van der Waals surface area (Å²) in [4.78, 5) is 17.1. The molecule has 1 aliphatic carbocycles. The molecule has 2 fully saturated rings. The quantitative estimate of drug-likeness (QED) is 0.760. The second-order valence-electron chi connectivity index (χ2n) is 6.95. The SMILES string of the molecule is CN(C)C1(CNC(=O)C(C)(C)N2CCNCC2)CCC1. The van der Waals surface area contributed by atoms with Gasteiger partial charge in [-0.15, -0.1) is 0 Å². The molecule has 1 heterocycles. The smallest absolute Gasteiger partial charge is 0.240 e. The van der Waals surface area contributed by atoms with Gasteiger partial charge in [0.2, 0.25) is 5.91 Å². The first-order valence-electron chi connectivity index (χ1n) is 7.80. The molecule has 5 heteroatoms. The molecule has 0 radical (unpaired) electrons. The Balaban J connectivity index is 1.90. The molecule has 1 aliphatic heterocycles. The largest absolute Gasteiger partial charge is 0.353 e. The van der Waals surface area contributed by atoms with E-state index in [0.717, 1.165) is 32.7 Å². The van der Waals surface area contributed by atoms with Crippen LogP contribution in [0, 0.1) is 0 Å². The van der Waals surface area contributed by atoms with Gasteiger partial charge < -0.3 is 15.5 Å². The van der Waals surface area contributed by atoms with Crippen LogP contribution in [0.1, 0.15) is 33.1 Å². The van der Waals surface area contributed by atoms with E-state index < -0.39 is 5.54 Å². The van der Waals surface area contributed by atoms with Crippen LogP contribution in [0.2, 0.25) is 0 Å². The molecule has 1 saturated heterocycles. The maximum Gasteiger partial charge on any atom is 0.240 e. The Morgan fingerprint density at radius 3 is 2.35 bits per heavy atom. The van der Waals surface area contributed by atoms with Gasteiger partial charge >= 0.3 is 0 Å². The Kier molecular flexibility index (Phi) is 4.72. The molecule has 2 rings (SSSR count). The summed E-state index contributed by atoms with van der Waals surface area (Å²) < 4.78 is 0. The zero-order valence-electron chi connectivity index (χ0n) is 13.5. The van der Waals surface area contributed by atoms with Crippen LogP contribution in [0.5, 0.6) is 0 Å². The monoisotopic (exact) mass is 282 g/mol. The van der Waals surface area contributed by atoms with Crippen LogP contribution in [-0.2, 0) is 4.79 Å². The van der Waals surface area contributed by atoms with Crippen LogP contribution in [0.25, 0.3) is 0 Å². The Hall–Kier alpha value is -0.650. The van der Waals surface area contributed by atoms with Crippen LogP contribution in [0.3, 0.4) is 0 Å². The summed E-state index contributed by atoms with van der Waals surface area (Å²) in [5, 5.41) is 6.54. The van der Waals surface area contributed by atoms with Crippen molar-refractivity contribution in [2.24, 2.45) is 0 Å². The zero-order valence-corrected chi connectivity index (χ0v) is 13.5. The lowest BCUT2D eigenvalue weighted by Crippen LogP contribution is -2.63. The molecule has 2 N–H and O–H groups in total. The summed E-state index contributed by atoms with van der Waals surface area (Å²) in [6.45, 7) is 8.68. The third-order valence-corrected chi connectivity index (χ3v) is 5.27. The van der Waals surface area contributed by atoms with E-state index in [9.17, 15) is 4.79 Å². The molecule has 0 aromatic rings. The van der Waals surface area contributed by atoms with Gasteiger partial charge in [0.25, 0.3) is 0 Å². The zero-order chi connectivity index (χ0) is 14.8. The Morgan fingerprint density at radius 1 is 1.30 bits per heavy atom. The number of amides is 1.